The van der Waals surface area contributed by atoms with Gasteiger partial charge in [-0.05, 0) is 45.7 Å². The lowest BCUT2D eigenvalue weighted by Crippen LogP contribution is -2.46. The summed E-state index contributed by atoms with van der Waals surface area (Å²) in [6.45, 7) is 12.5. The molecule has 1 aromatic heterocycles. The molecule has 1 aliphatic rings. The SMILES string of the molecule is CC(C)(C)[Si](C)(C)OCc1cc(C2(C#N)COC2)ncc1Br. The van der Waals surface area contributed by atoms with Gasteiger partial charge in [0.05, 0.1) is 31.6 Å². The minimum atomic E-state index is -1.81. The van der Waals surface area contributed by atoms with Crippen molar-refractivity contribution in [2.75, 3.05) is 13.2 Å². The molecule has 0 aromatic carbocycles. The Kier molecular flexibility index (Phi) is 4.84. The molecule has 0 amide bonds. The Morgan fingerprint density at radius 2 is 2.09 bits per heavy atom. The van der Waals surface area contributed by atoms with Crippen molar-refractivity contribution >= 4 is 24.2 Å². The zero-order chi connectivity index (χ0) is 16.6. The molecule has 6 heteroatoms. The lowest BCUT2D eigenvalue weighted by atomic mass is 9.83. The Morgan fingerprint density at radius 1 is 1.45 bits per heavy atom. The molecular formula is C16H23BrN2O2Si. The van der Waals surface area contributed by atoms with Crippen molar-refractivity contribution in [3.8, 4) is 6.07 Å². The minimum absolute atomic E-state index is 0.172. The van der Waals surface area contributed by atoms with Crippen molar-refractivity contribution in [2.24, 2.45) is 0 Å². The van der Waals surface area contributed by atoms with Crippen LogP contribution < -0.4 is 0 Å². The molecule has 2 heterocycles. The Labute approximate surface area is 142 Å². The van der Waals surface area contributed by atoms with Crippen LogP contribution in [0.5, 0.6) is 0 Å². The zero-order valence-electron chi connectivity index (χ0n) is 13.9. The van der Waals surface area contributed by atoms with Gasteiger partial charge in [-0.3, -0.25) is 4.98 Å². The van der Waals surface area contributed by atoms with Crippen LogP contribution in [-0.2, 0) is 21.2 Å². The highest BCUT2D eigenvalue weighted by atomic mass is 79.9. The molecule has 0 N–H and O–H groups in total. The quantitative estimate of drug-likeness (QED) is 0.733. The molecule has 2 rings (SSSR count). The maximum absolute atomic E-state index is 9.41. The van der Waals surface area contributed by atoms with Crippen LogP contribution >= 0.6 is 15.9 Å². The predicted octanol–water partition coefficient (Wildman–Crippen LogP) is 4.16. The molecule has 0 unspecified atom stereocenters. The first-order valence-electron chi connectivity index (χ1n) is 7.39. The zero-order valence-corrected chi connectivity index (χ0v) is 16.5. The monoisotopic (exact) mass is 382 g/mol. The first-order valence-corrected chi connectivity index (χ1v) is 11.1. The van der Waals surface area contributed by atoms with E-state index in [1.165, 1.54) is 0 Å². The second-order valence-electron chi connectivity index (χ2n) is 7.40. The first kappa shape index (κ1) is 17.6. The molecule has 1 saturated heterocycles. The van der Waals surface area contributed by atoms with Gasteiger partial charge in [0.2, 0.25) is 0 Å². The molecule has 4 nitrogen and oxygen atoms in total. The van der Waals surface area contributed by atoms with Crippen molar-refractivity contribution in [1.82, 2.24) is 4.98 Å². The van der Waals surface area contributed by atoms with E-state index in [0.717, 1.165) is 15.7 Å². The van der Waals surface area contributed by atoms with Crippen molar-refractivity contribution in [1.29, 1.82) is 5.26 Å². The third-order valence-electron chi connectivity index (χ3n) is 4.73. The molecule has 0 atom stereocenters. The summed E-state index contributed by atoms with van der Waals surface area (Å²) in [6, 6.07) is 4.31. The van der Waals surface area contributed by atoms with E-state index in [4.69, 9.17) is 9.16 Å². The Balaban J connectivity index is 2.20. The molecule has 120 valence electrons. The third-order valence-corrected chi connectivity index (χ3v) is 9.92. The molecule has 0 bridgehead atoms. The molecule has 0 aliphatic carbocycles. The summed E-state index contributed by atoms with van der Waals surface area (Å²) in [4.78, 5) is 4.40. The van der Waals surface area contributed by atoms with Crippen LogP contribution in [0.25, 0.3) is 0 Å². The largest absolute Gasteiger partial charge is 0.413 e. The second-order valence-corrected chi connectivity index (χ2v) is 13.1. The maximum Gasteiger partial charge on any atom is 0.192 e. The number of rotatable bonds is 4. The summed E-state index contributed by atoms with van der Waals surface area (Å²) < 4.78 is 12.4. The van der Waals surface area contributed by atoms with E-state index in [0.29, 0.717) is 19.8 Å². The Morgan fingerprint density at radius 3 is 2.55 bits per heavy atom. The summed E-state index contributed by atoms with van der Waals surface area (Å²) in [7, 11) is -1.81. The second kappa shape index (κ2) is 6.04. The fourth-order valence-electron chi connectivity index (χ4n) is 1.90. The lowest BCUT2D eigenvalue weighted by Gasteiger charge is -2.37. The number of hydrogen-bond acceptors (Lipinski definition) is 4. The van der Waals surface area contributed by atoms with E-state index < -0.39 is 13.7 Å². The van der Waals surface area contributed by atoms with Crippen molar-refractivity contribution < 1.29 is 9.16 Å². The van der Waals surface area contributed by atoms with Crippen LogP contribution in [0.1, 0.15) is 32.0 Å². The molecule has 1 aliphatic heterocycles. The van der Waals surface area contributed by atoms with Crippen molar-refractivity contribution in [2.45, 2.75) is 50.9 Å². The number of nitriles is 1. The number of halogens is 1. The molecule has 1 fully saturated rings. The highest BCUT2D eigenvalue weighted by Gasteiger charge is 2.43. The minimum Gasteiger partial charge on any atom is -0.413 e. The van der Waals surface area contributed by atoms with Gasteiger partial charge < -0.3 is 9.16 Å². The normalized spacial score (nSPS) is 17.7. The fraction of sp³-hybridized carbons (Fsp3) is 0.625. The van der Waals surface area contributed by atoms with E-state index in [9.17, 15) is 5.26 Å². The maximum atomic E-state index is 9.41. The Hall–Kier alpha value is -0.743. The van der Waals surface area contributed by atoms with E-state index in [-0.39, 0.29) is 5.04 Å². The van der Waals surface area contributed by atoms with E-state index in [2.05, 4.69) is 60.8 Å². The molecule has 0 saturated carbocycles. The van der Waals surface area contributed by atoms with Crippen molar-refractivity contribution in [3.63, 3.8) is 0 Å². The summed E-state index contributed by atoms with van der Waals surface area (Å²) >= 11 is 3.54. The summed E-state index contributed by atoms with van der Waals surface area (Å²) in [6.07, 6.45) is 1.76. The van der Waals surface area contributed by atoms with Gasteiger partial charge in [-0.2, -0.15) is 5.26 Å². The topological polar surface area (TPSA) is 55.1 Å². The highest BCUT2D eigenvalue weighted by molar-refractivity contribution is 9.10. The number of pyridine rings is 1. The first-order chi connectivity index (χ1) is 10.1. The number of aromatic nitrogens is 1. The van der Waals surface area contributed by atoms with Crippen LogP contribution in [0.15, 0.2) is 16.7 Å². The van der Waals surface area contributed by atoms with Gasteiger partial charge in [-0.15, -0.1) is 0 Å². The number of hydrogen-bond donors (Lipinski definition) is 0. The van der Waals surface area contributed by atoms with Gasteiger partial charge in [0, 0.05) is 10.7 Å². The molecule has 22 heavy (non-hydrogen) atoms. The third kappa shape index (κ3) is 3.28. The van der Waals surface area contributed by atoms with Gasteiger partial charge in [0.15, 0.2) is 8.32 Å². The molecule has 1 aromatic rings. The summed E-state index contributed by atoms with van der Waals surface area (Å²) in [5.41, 5.74) is 1.22. The number of ether oxygens (including phenoxy) is 1. The summed E-state index contributed by atoms with van der Waals surface area (Å²) in [5.74, 6) is 0. The lowest BCUT2D eigenvalue weighted by molar-refractivity contribution is -0.0318. The fourth-order valence-corrected chi connectivity index (χ4v) is 3.18. The average Bonchev–Trinajstić information content (AvgIpc) is 2.37. The molecule has 0 spiro atoms. The van der Waals surface area contributed by atoms with Crippen LogP contribution in [0.3, 0.4) is 0 Å². The van der Waals surface area contributed by atoms with Gasteiger partial charge in [-0.25, -0.2) is 0 Å². The van der Waals surface area contributed by atoms with Crippen molar-refractivity contribution in [3.05, 3.63) is 28.0 Å². The molecular weight excluding hydrogens is 360 g/mol. The van der Waals surface area contributed by atoms with Crippen LogP contribution in [0, 0.1) is 11.3 Å². The van der Waals surface area contributed by atoms with Gasteiger partial charge >= 0.3 is 0 Å². The van der Waals surface area contributed by atoms with Crippen LogP contribution in [0.2, 0.25) is 18.1 Å². The highest BCUT2D eigenvalue weighted by Crippen LogP contribution is 2.38. The van der Waals surface area contributed by atoms with Gasteiger partial charge in [-0.1, -0.05) is 20.8 Å². The Bertz CT molecular complexity index is 601. The van der Waals surface area contributed by atoms with E-state index in [1.807, 2.05) is 6.07 Å². The smallest absolute Gasteiger partial charge is 0.192 e. The van der Waals surface area contributed by atoms with E-state index >= 15 is 0 Å². The van der Waals surface area contributed by atoms with Gasteiger partial charge in [0.1, 0.15) is 5.41 Å². The summed E-state index contributed by atoms with van der Waals surface area (Å²) in [5, 5.41) is 9.58. The molecule has 0 radical (unpaired) electrons. The van der Waals surface area contributed by atoms with Crippen LogP contribution in [0.4, 0.5) is 0 Å². The van der Waals surface area contributed by atoms with Crippen LogP contribution in [-0.4, -0.2) is 26.5 Å². The van der Waals surface area contributed by atoms with Gasteiger partial charge in [0.25, 0.3) is 0 Å². The standard InChI is InChI=1S/C16H23BrN2O2Si/c1-15(2,3)22(4,5)21-8-12-6-14(19-7-13(12)17)16(9-18)10-20-11-16/h6-7H,8,10-11H2,1-5H3. The van der Waals surface area contributed by atoms with E-state index in [1.54, 1.807) is 6.20 Å². The number of nitrogens with zero attached hydrogens (tertiary/aromatic N) is 2. The average molecular weight is 383 g/mol. The predicted molar refractivity (Wildman–Crippen MR) is 92.0 cm³/mol.